The summed E-state index contributed by atoms with van der Waals surface area (Å²) >= 11 is 1.42. The first kappa shape index (κ1) is 18.6. The first-order valence-corrected chi connectivity index (χ1v) is 12.2. The van der Waals surface area contributed by atoms with Crippen LogP contribution in [0, 0.1) is 17.8 Å². The lowest BCUT2D eigenvalue weighted by Crippen LogP contribution is -2.61. The summed E-state index contributed by atoms with van der Waals surface area (Å²) in [6.07, 6.45) is 9.11. The van der Waals surface area contributed by atoms with Crippen molar-refractivity contribution >= 4 is 17.2 Å². The van der Waals surface area contributed by atoms with Gasteiger partial charge in [0.15, 0.2) is 0 Å². The molecule has 7 heteroatoms. The van der Waals surface area contributed by atoms with Gasteiger partial charge in [0.1, 0.15) is 11.0 Å². The third-order valence-electron chi connectivity index (χ3n) is 7.78. The molecule has 4 bridgehead atoms. The van der Waals surface area contributed by atoms with Gasteiger partial charge in [-0.2, -0.15) is 0 Å². The highest BCUT2D eigenvalue weighted by molar-refractivity contribution is 7.15. The Balaban J connectivity index is 1.19. The van der Waals surface area contributed by atoms with Crippen LogP contribution in [0.5, 0.6) is 5.19 Å². The van der Waals surface area contributed by atoms with Crippen LogP contribution in [-0.2, 0) is 4.74 Å². The number of aliphatic hydroxyl groups is 1. The molecule has 6 fully saturated rings. The molecule has 0 aromatic carbocycles. The molecule has 1 saturated heterocycles. The Hall–Kier alpha value is -1.18. The molecule has 5 aliphatic carbocycles. The molecule has 1 aromatic heterocycles. The van der Waals surface area contributed by atoms with E-state index in [2.05, 4.69) is 5.32 Å². The fraction of sp³-hybridized carbons (Fsp3) is 0.818. The number of carbonyl (C=O) groups excluding carboxylic acids is 1. The summed E-state index contributed by atoms with van der Waals surface area (Å²) in [5, 5.41) is 14.8. The van der Waals surface area contributed by atoms with Crippen molar-refractivity contribution < 1.29 is 19.4 Å². The van der Waals surface area contributed by atoms with E-state index in [1.807, 2.05) is 0 Å². The van der Waals surface area contributed by atoms with Crippen molar-refractivity contribution in [3.05, 3.63) is 10.6 Å². The molecule has 1 aliphatic heterocycles. The minimum atomic E-state index is -0.466. The van der Waals surface area contributed by atoms with E-state index in [0.717, 1.165) is 81.6 Å². The molecular weight excluding hydrogens is 388 g/mol. The van der Waals surface area contributed by atoms with Gasteiger partial charge in [-0.3, -0.25) is 4.79 Å². The number of rotatable bonds is 5. The summed E-state index contributed by atoms with van der Waals surface area (Å²) in [7, 11) is 0. The standard InChI is InChI=1S/C22H30N2O4S/c25-20(23-17-14-7-12-8-15(17)11-22(26,9-12)10-14)19-18(13-1-2-13)24-21(29-19)28-16-3-5-27-6-4-16/h12-17,26H,1-11H2,(H,23,25). The molecular formula is C22H30N2O4S. The molecule has 2 N–H and O–H groups in total. The van der Waals surface area contributed by atoms with Crippen LogP contribution in [0.4, 0.5) is 0 Å². The SMILES string of the molecule is O=C(NC1C2CC3CC1CC(O)(C3)C2)c1sc(OC2CCOCC2)nc1C1CC1. The molecule has 5 saturated carbocycles. The summed E-state index contributed by atoms with van der Waals surface area (Å²) in [6.45, 7) is 1.47. The average Bonchev–Trinajstić information content (AvgIpc) is 3.44. The van der Waals surface area contributed by atoms with E-state index >= 15 is 0 Å². The Morgan fingerprint density at radius 3 is 2.52 bits per heavy atom. The number of aromatic nitrogens is 1. The molecule has 1 amide bonds. The topological polar surface area (TPSA) is 80.7 Å². The highest BCUT2D eigenvalue weighted by Gasteiger charge is 2.55. The predicted molar refractivity (Wildman–Crippen MR) is 108 cm³/mol. The quantitative estimate of drug-likeness (QED) is 0.767. The van der Waals surface area contributed by atoms with Crippen LogP contribution in [0.25, 0.3) is 0 Å². The van der Waals surface area contributed by atoms with Crippen LogP contribution in [-0.4, -0.2) is 47.0 Å². The molecule has 29 heavy (non-hydrogen) atoms. The number of nitrogens with one attached hydrogen (secondary N) is 1. The first-order valence-electron chi connectivity index (χ1n) is 11.3. The molecule has 158 valence electrons. The van der Waals surface area contributed by atoms with E-state index < -0.39 is 5.60 Å². The smallest absolute Gasteiger partial charge is 0.274 e. The Morgan fingerprint density at radius 1 is 1.14 bits per heavy atom. The number of carbonyl (C=O) groups is 1. The number of ether oxygens (including phenoxy) is 2. The third-order valence-corrected chi connectivity index (χ3v) is 8.74. The molecule has 2 heterocycles. The summed E-state index contributed by atoms with van der Waals surface area (Å²) in [5.41, 5.74) is 0.476. The van der Waals surface area contributed by atoms with Gasteiger partial charge in [-0.15, -0.1) is 0 Å². The summed E-state index contributed by atoms with van der Waals surface area (Å²) in [4.78, 5) is 18.8. The van der Waals surface area contributed by atoms with Gasteiger partial charge < -0.3 is 19.9 Å². The monoisotopic (exact) mass is 418 g/mol. The lowest BCUT2D eigenvalue weighted by atomic mass is 9.52. The maximum absolute atomic E-state index is 13.3. The molecule has 0 spiro atoms. The Morgan fingerprint density at radius 2 is 1.86 bits per heavy atom. The lowest BCUT2D eigenvalue weighted by Gasteiger charge is -2.58. The second-order valence-corrected chi connectivity index (χ2v) is 11.1. The molecule has 0 radical (unpaired) electrons. The molecule has 7 rings (SSSR count). The summed E-state index contributed by atoms with van der Waals surface area (Å²) in [6, 6.07) is 0.202. The van der Waals surface area contributed by atoms with Gasteiger partial charge in [0.25, 0.3) is 11.1 Å². The lowest BCUT2D eigenvalue weighted by molar-refractivity contribution is -0.136. The van der Waals surface area contributed by atoms with Gasteiger partial charge in [0.2, 0.25) is 0 Å². The van der Waals surface area contributed by atoms with E-state index in [-0.39, 0.29) is 18.1 Å². The number of amides is 1. The van der Waals surface area contributed by atoms with Crippen molar-refractivity contribution in [3.8, 4) is 5.19 Å². The van der Waals surface area contributed by atoms with Crippen molar-refractivity contribution in [2.24, 2.45) is 17.8 Å². The fourth-order valence-corrected chi connectivity index (χ4v) is 7.50. The van der Waals surface area contributed by atoms with E-state index in [4.69, 9.17) is 14.5 Å². The number of thiazole rings is 1. The predicted octanol–water partition coefficient (Wildman–Crippen LogP) is 3.25. The van der Waals surface area contributed by atoms with Gasteiger partial charge in [-0.05, 0) is 62.7 Å². The maximum atomic E-state index is 13.3. The zero-order valence-corrected chi connectivity index (χ0v) is 17.6. The van der Waals surface area contributed by atoms with E-state index in [9.17, 15) is 9.90 Å². The largest absolute Gasteiger partial charge is 0.467 e. The molecule has 2 atom stereocenters. The van der Waals surface area contributed by atoms with Gasteiger partial charge in [-0.1, -0.05) is 11.3 Å². The maximum Gasteiger partial charge on any atom is 0.274 e. The first-order chi connectivity index (χ1) is 14.1. The van der Waals surface area contributed by atoms with Gasteiger partial charge >= 0.3 is 0 Å². The van der Waals surface area contributed by atoms with E-state index in [1.165, 1.54) is 11.3 Å². The van der Waals surface area contributed by atoms with E-state index in [0.29, 0.717) is 28.9 Å². The van der Waals surface area contributed by atoms with Gasteiger partial charge in [0.05, 0.1) is 24.5 Å². The zero-order valence-electron chi connectivity index (χ0n) is 16.8. The van der Waals surface area contributed by atoms with Crippen LogP contribution < -0.4 is 10.1 Å². The third kappa shape index (κ3) is 3.49. The summed E-state index contributed by atoms with van der Waals surface area (Å²) in [5.74, 6) is 1.93. The van der Waals surface area contributed by atoms with Crippen molar-refractivity contribution in [3.63, 3.8) is 0 Å². The molecule has 1 aromatic rings. The number of hydrogen-bond donors (Lipinski definition) is 2. The Labute approximate surface area is 175 Å². The fourth-order valence-electron chi connectivity index (χ4n) is 6.53. The molecule has 2 unspecified atom stereocenters. The second-order valence-electron chi connectivity index (χ2n) is 10.1. The second kappa shape index (κ2) is 6.92. The average molecular weight is 419 g/mol. The number of nitrogens with zero attached hydrogens (tertiary/aromatic N) is 1. The van der Waals surface area contributed by atoms with Crippen LogP contribution in [0.2, 0.25) is 0 Å². The van der Waals surface area contributed by atoms with Crippen LogP contribution in [0.1, 0.15) is 79.1 Å². The van der Waals surface area contributed by atoms with Gasteiger partial charge in [-0.25, -0.2) is 4.98 Å². The van der Waals surface area contributed by atoms with Crippen molar-refractivity contribution in [2.75, 3.05) is 13.2 Å². The molecule has 6 aliphatic rings. The van der Waals surface area contributed by atoms with Crippen LogP contribution in [0.3, 0.4) is 0 Å². The van der Waals surface area contributed by atoms with Crippen LogP contribution in [0.15, 0.2) is 0 Å². The van der Waals surface area contributed by atoms with Gasteiger partial charge in [0, 0.05) is 24.8 Å². The van der Waals surface area contributed by atoms with Crippen LogP contribution >= 0.6 is 11.3 Å². The zero-order chi connectivity index (χ0) is 19.6. The number of hydrogen-bond acceptors (Lipinski definition) is 6. The summed E-state index contributed by atoms with van der Waals surface area (Å²) < 4.78 is 11.5. The Kier molecular flexibility index (Phi) is 4.44. The normalized spacial score (nSPS) is 38.9. The minimum absolute atomic E-state index is 0.0238. The highest BCUT2D eigenvalue weighted by atomic mass is 32.1. The van der Waals surface area contributed by atoms with Crippen molar-refractivity contribution in [2.45, 2.75) is 81.5 Å². The Bertz CT molecular complexity index is 785. The van der Waals surface area contributed by atoms with Crippen molar-refractivity contribution in [1.29, 1.82) is 0 Å². The minimum Gasteiger partial charge on any atom is -0.467 e. The highest BCUT2D eigenvalue weighted by Crippen LogP contribution is 2.55. The van der Waals surface area contributed by atoms with E-state index in [1.54, 1.807) is 0 Å². The van der Waals surface area contributed by atoms with Crippen molar-refractivity contribution in [1.82, 2.24) is 10.3 Å². The molecule has 6 nitrogen and oxygen atoms in total.